The van der Waals surface area contributed by atoms with Gasteiger partial charge in [-0.15, -0.1) is 0 Å². The molecule has 1 aromatic heterocycles. The Morgan fingerprint density at radius 3 is 1.75 bits per heavy atom. The second kappa shape index (κ2) is 14.8. The third kappa shape index (κ3) is 5.74. The molecule has 11 aromatic carbocycles. The van der Waals surface area contributed by atoms with Gasteiger partial charge in [0.2, 0.25) is 0 Å². The first-order chi connectivity index (χ1) is 32.2. The number of nitrogens with one attached hydrogen (secondary N) is 1. The Labute approximate surface area is 378 Å². The minimum atomic E-state index is -0.504. The number of hydrogen-bond donors (Lipinski definition) is 1. The molecule has 1 heterocycles. The third-order valence-electron chi connectivity index (χ3n) is 13.8. The predicted octanol–water partition coefficient (Wildman–Crippen LogP) is 16.5. The van der Waals surface area contributed by atoms with Crippen molar-refractivity contribution in [1.29, 1.82) is 0 Å². The summed E-state index contributed by atoms with van der Waals surface area (Å²) in [5.74, 6) is 0. The second-order valence-electron chi connectivity index (χ2n) is 17.3. The molecule has 0 amide bonds. The molecule has 2 nitrogen and oxygen atoms in total. The summed E-state index contributed by atoms with van der Waals surface area (Å²) >= 11 is 0. The zero-order valence-electron chi connectivity index (χ0n) is 35.6. The van der Waals surface area contributed by atoms with E-state index in [1.54, 1.807) is 0 Å². The number of hydrogen-bond acceptors (Lipinski definition) is 1. The molecule has 1 aliphatic rings. The number of anilines is 2. The van der Waals surface area contributed by atoms with Gasteiger partial charge in [-0.25, -0.2) is 0 Å². The average molecular weight is 827 g/mol. The maximum atomic E-state index is 3.98. The van der Waals surface area contributed by atoms with Gasteiger partial charge in [-0.1, -0.05) is 200 Å². The molecule has 1 aliphatic carbocycles. The molecule has 0 unspecified atom stereocenters. The van der Waals surface area contributed by atoms with Crippen LogP contribution >= 0.6 is 0 Å². The highest BCUT2D eigenvalue weighted by molar-refractivity contribution is 6.11. The molecule has 0 saturated carbocycles. The molecule has 0 aliphatic heterocycles. The van der Waals surface area contributed by atoms with Crippen molar-refractivity contribution in [1.82, 2.24) is 4.57 Å². The molecule has 13 rings (SSSR count). The van der Waals surface area contributed by atoms with E-state index in [1.165, 1.54) is 87.9 Å². The predicted molar refractivity (Wildman–Crippen MR) is 274 cm³/mol. The van der Waals surface area contributed by atoms with E-state index in [4.69, 9.17) is 0 Å². The van der Waals surface area contributed by atoms with Crippen molar-refractivity contribution in [2.75, 3.05) is 5.32 Å². The van der Waals surface area contributed by atoms with Crippen LogP contribution in [0.3, 0.4) is 0 Å². The van der Waals surface area contributed by atoms with E-state index in [0.717, 1.165) is 28.2 Å². The SMILES string of the molecule is c1ccc(C2(c3ccccc3)c3ccccc3-c3c(-c4cc(-c5ccc6c(c5)c5ccccc5n6-c5ccc6ccccc6c5)ccc4Nc4cccc5ccccc45)cccc32)cc1. The van der Waals surface area contributed by atoms with Crippen LogP contribution in [0.25, 0.3) is 82.4 Å². The monoisotopic (exact) mass is 826 g/mol. The Kier molecular flexibility index (Phi) is 8.47. The second-order valence-corrected chi connectivity index (χ2v) is 17.3. The highest BCUT2D eigenvalue weighted by atomic mass is 15.0. The van der Waals surface area contributed by atoms with E-state index < -0.39 is 5.41 Å². The number of para-hydroxylation sites is 1. The fourth-order valence-electron chi connectivity index (χ4n) is 11.0. The molecular formula is C63H42N2. The normalized spacial score (nSPS) is 12.7. The Hall–Kier alpha value is -8.46. The molecule has 0 saturated heterocycles. The van der Waals surface area contributed by atoms with Gasteiger partial charge >= 0.3 is 0 Å². The van der Waals surface area contributed by atoms with Gasteiger partial charge in [0.1, 0.15) is 0 Å². The van der Waals surface area contributed by atoms with Gasteiger partial charge in [-0.2, -0.15) is 0 Å². The van der Waals surface area contributed by atoms with Crippen LogP contribution < -0.4 is 5.32 Å². The van der Waals surface area contributed by atoms with Crippen LogP contribution in [0.5, 0.6) is 0 Å². The summed E-state index contributed by atoms with van der Waals surface area (Å²) < 4.78 is 2.42. The quantitative estimate of drug-likeness (QED) is 0.169. The largest absolute Gasteiger partial charge is 0.355 e. The molecule has 0 fully saturated rings. The van der Waals surface area contributed by atoms with Gasteiger partial charge in [0.15, 0.2) is 0 Å². The average Bonchev–Trinajstić information content (AvgIpc) is 3.88. The minimum Gasteiger partial charge on any atom is -0.355 e. The van der Waals surface area contributed by atoms with Crippen LogP contribution in [-0.4, -0.2) is 4.57 Å². The van der Waals surface area contributed by atoms with E-state index in [2.05, 4.69) is 259 Å². The van der Waals surface area contributed by atoms with Crippen molar-refractivity contribution in [3.05, 3.63) is 271 Å². The summed E-state index contributed by atoms with van der Waals surface area (Å²) in [6.07, 6.45) is 0. The zero-order chi connectivity index (χ0) is 42.9. The Morgan fingerprint density at radius 1 is 0.323 bits per heavy atom. The first-order valence-corrected chi connectivity index (χ1v) is 22.5. The highest BCUT2D eigenvalue weighted by Gasteiger charge is 2.46. The lowest BCUT2D eigenvalue weighted by molar-refractivity contribution is 0.768. The van der Waals surface area contributed by atoms with Crippen LogP contribution in [0.4, 0.5) is 11.4 Å². The van der Waals surface area contributed by atoms with Gasteiger partial charge in [0.05, 0.1) is 16.4 Å². The molecule has 2 heteroatoms. The Balaban J connectivity index is 1.05. The van der Waals surface area contributed by atoms with Crippen LogP contribution in [0, 0.1) is 0 Å². The highest BCUT2D eigenvalue weighted by Crippen LogP contribution is 2.59. The fourth-order valence-corrected chi connectivity index (χ4v) is 11.0. The maximum Gasteiger partial charge on any atom is 0.0713 e. The fraction of sp³-hybridized carbons (Fsp3) is 0.0159. The number of rotatable bonds is 7. The van der Waals surface area contributed by atoms with Crippen molar-refractivity contribution in [2.45, 2.75) is 5.41 Å². The number of benzene rings is 11. The third-order valence-corrected chi connectivity index (χ3v) is 13.8. The lowest BCUT2D eigenvalue weighted by Gasteiger charge is -2.34. The van der Waals surface area contributed by atoms with E-state index >= 15 is 0 Å². The molecular weight excluding hydrogens is 785 g/mol. The first kappa shape index (κ1) is 37.1. The van der Waals surface area contributed by atoms with E-state index in [1.807, 2.05) is 0 Å². The molecule has 1 N–H and O–H groups in total. The molecule has 12 aromatic rings. The lowest BCUT2D eigenvalue weighted by atomic mass is 9.67. The van der Waals surface area contributed by atoms with Gasteiger partial charge in [0, 0.05) is 38.8 Å². The number of nitrogens with zero attached hydrogens (tertiary/aromatic N) is 1. The van der Waals surface area contributed by atoms with Crippen molar-refractivity contribution >= 4 is 54.7 Å². The molecule has 0 atom stereocenters. The Bertz CT molecular complexity index is 3760. The summed E-state index contributed by atoms with van der Waals surface area (Å²) in [5, 5.41) is 11.3. The molecule has 0 spiro atoms. The van der Waals surface area contributed by atoms with Crippen LogP contribution in [-0.2, 0) is 5.41 Å². The molecule has 0 bridgehead atoms. The van der Waals surface area contributed by atoms with Crippen molar-refractivity contribution in [2.24, 2.45) is 0 Å². The molecule has 65 heavy (non-hydrogen) atoms. The van der Waals surface area contributed by atoms with E-state index in [0.29, 0.717) is 0 Å². The van der Waals surface area contributed by atoms with Gasteiger partial charge in [0.25, 0.3) is 0 Å². The summed E-state index contributed by atoms with van der Waals surface area (Å²) in [6.45, 7) is 0. The topological polar surface area (TPSA) is 17.0 Å². The lowest BCUT2D eigenvalue weighted by Crippen LogP contribution is -2.28. The molecule has 0 radical (unpaired) electrons. The summed E-state index contributed by atoms with van der Waals surface area (Å²) in [7, 11) is 0. The first-order valence-electron chi connectivity index (χ1n) is 22.5. The van der Waals surface area contributed by atoms with Gasteiger partial charge in [-0.3, -0.25) is 0 Å². The summed E-state index contributed by atoms with van der Waals surface area (Å²) in [6, 6.07) is 91.5. The van der Waals surface area contributed by atoms with Crippen LogP contribution in [0.2, 0.25) is 0 Å². The molecule has 304 valence electrons. The van der Waals surface area contributed by atoms with Crippen LogP contribution in [0.15, 0.2) is 249 Å². The van der Waals surface area contributed by atoms with Crippen LogP contribution in [0.1, 0.15) is 22.3 Å². The zero-order valence-corrected chi connectivity index (χ0v) is 35.6. The number of aromatic nitrogens is 1. The summed E-state index contributed by atoms with van der Waals surface area (Å²) in [5.41, 5.74) is 17.5. The number of fused-ring (bicyclic) bond motifs is 8. The van der Waals surface area contributed by atoms with Crippen molar-refractivity contribution < 1.29 is 0 Å². The smallest absolute Gasteiger partial charge is 0.0713 e. The maximum absolute atomic E-state index is 3.98. The Morgan fingerprint density at radius 2 is 0.923 bits per heavy atom. The van der Waals surface area contributed by atoms with E-state index in [-0.39, 0.29) is 0 Å². The van der Waals surface area contributed by atoms with Crippen molar-refractivity contribution in [3.63, 3.8) is 0 Å². The van der Waals surface area contributed by atoms with Gasteiger partial charge in [-0.05, 0) is 115 Å². The van der Waals surface area contributed by atoms with Gasteiger partial charge < -0.3 is 9.88 Å². The van der Waals surface area contributed by atoms with Crippen molar-refractivity contribution in [3.8, 4) is 39.1 Å². The standard InChI is InChI=1S/C63H42N2/c1-3-21-47(22-4-1)63(48-23-5-2-6-24-48)56-29-13-11-27-53(56)62-52(28-16-30-57(62)63)54-40-45(34-37-59(54)64-58-31-15-20-43-18-9-10-25-50(43)58)46-35-38-61-55(41-46)51-26-12-14-32-60(51)65(61)49-36-33-42-17-7-8-19-44(42)39-49/h1-41,64H. The van der Waals surface area contributed by atoms with E-state index in [9.17, 15) is 0 Å². The minimum absolute atomic E-state index is 0.504. The summed E-state index contributed by atoms with van der Waals surface area (Å²) in [4.78, 5) is 0.